The fourth-order valence-electron chi connectivity index (χ4n) is 1.31. The maximum atomic E-state index is 12.4. The summed E-state index contributed by atoms with van der Waals surface area (Å²) in [5.41, 5.74) is 1.49. The van der Waals surface area contributed by atoms with Crippen LogP contribution in [0.2, 0.25) is 5.02 Å². The van der Waals surface area contributed by atoms with E-state index in [0.29, 0.717) is 16.1 Å². The summed E-state index contributed by atoms with van der Waals surface area (Å²) >= 11 is 8.50. The van der Waals surface area contributed by atoms with Crippen LogP contribution in [0.3, 0.4) is 0 Å². The summed E-state index contributed by atoms with van der Waals surface area (Å²) in [5.74, 6) is 0. The van der Waals surface area contributed by atoms with Crippen LogP contribution in [-0.4, -0.2) is 6.18 Å². The van der Waals surface area contributed by atoms with Crippen molar-refractivity contribution < 1.29 is 13.2 Å². The number of hydrogen-bond acceptors (Lipinski definition) is 0. The average Bonchev–Trinajstić information content (AvgIpc) is 2.10. The summed E-state index contributed by atoms with van der Waals surface area (Å²) in [7, 11) is 0. The van der Waals surface area contributed by atoms with Gasteiger partial charge in [0, 0.05) is 5.02 Å². The SMILES string of the molecule is Cc1cc(C(Br)C(F)(F)F)cc(C)c1Cl. The second kappa shape index (κ2) is 4.34. The van der Waals surface area contributed by atoms with Gasteiger partial charge in [0.15, 0.2) is 0 Å². The van der Waals surface area contributed by atoms with Gasteiger partial charge in [0.1, 0.15) is 4.83 Å². The Morgan fingerprint density at radius 2 is 1.60 bits per heavy atom. The van der Waals surface area contributed by atoms with Gasteiger partial charge < -0.3 is 0 Å². The molecule has 0 aliphatic carbocycles. The van der Waals surface area contributed by atoms with E-state index < -0.39 is 11.0 Å². The standard InChI is InChI=1S/C10H9BrClF3/c1-5-3-7(4-6(2)8(5)12)9(11)10(13,14)15/h3-4,9H,1-2H3. The van der Waals surface area contributed by atoms with E-state index >= 15 is 0 Å². The molecule has 0 fully saturated rings. The Morgan fingerprint density at radius 1 is 1.20 bits per heavy atom. The van der Waals surface area contributed by atoms with E-state index in [0.717, 1.165) is 0 Å². The smallest absolute Gasteiger partial charge is 0.169 e. The van der Waals surface area contributed by atoms with Crippen LogP contribution in [0.5, 0.6) is 0 Å². The lowest BCUT2D eigenvalue weighted by Gasteiger charge is -2.16. The molecule has 1 unspecified atom stereocenters. The summed E-state index contributed by atoms with van der Waals surface area (Å²) in [6.45, 7) is 3.38. The molecule has 0 saturated carbocycles. The first-order valence-electron chi connectivity index (χ1n) is 4.21. The molecule has 0 aliphatic rings. The molecule has 15 heavy (non-hydrogen) atoms. The lowest BCUT2D eigenvalue weighted by molar-refractivity contribution is -0.128. The molecule has 0 heterocycles. The van der Waals surface area contributed by atoms with Gasteiger partial charge in [0.2, 0.25) is 0 Å². The number of rotatable bonds is 1. The largest absolute Gasteiger partial charge is 0.405 e. The van der Waals surface area contributed by atoms with Crippen LogP contribution in [-0.2, 0) is 0 Å². The highest BCUT2D eigenvalue weighted by Gasteiger charge is 2.39. The summed E-state index contributed by atoms with van der Waals surface area (Å²) in [4.78, 5) is -1.64. The lowest BCUT2D eigenvalue weighted by Crippen LogP contribution is -2.15. The average molecular weight is 302 g/mol. The number of alkyl halides is 4. The third-order valence-electron chi connectivity index (χ3n) is 2.04. The van der Waals surface area contributed by atoms with Gasteiger partial charge in [-0.3, -0.25) is 0 Å². The minimum Gasteiger partial charge on any atom is -0.169 e. The summed E-state index contributed by atoms with van der Waals surface area (Å²) < 4.78 is 37.3. The predicted molar refractivity (Wildman–Crippen MR) is 58.6 cm³/mol. The Hall–Kier alpha value is -0.220. The van der Waals surface area contributed by atoms with Crippen molar-refractivity contribution in [3.8, 4) is 0 Å². The van der Waals surface area contributed by atoms with Crippen LogP contribution in [0.25, 0.3) is 0 Å². The van der Waals surface area contributed by atoms with Crippen molar-refractivity contribution in [1.82, 2.24) is 0 Å². The molecule has 1 atom stereocenters. The van der Waals surface area contributed by atoms with Crippen molar-refractivity contribution in [1.29, 1.82) is 0 Å². The molecule has 1 aromatic rings. The topological polar surface area (TPSA) is 0 Å². The van der Waals surface area contributed by atoms with Crippen molar-refractivity contribution in [3.05, 3.63) is 33.8 Å². The van der Waals surface area contributed by atoms with E-state index in [1.165, 1.54) is 12.1 Å². The molecule has 0 aliphatic heterocycles. The van der Waals surface area contributed by atoms with E-state index in [2.05, 4.69) is 15.9 Å². The molecular weight excluding hydrogens is 292 g/mol. The molecule has 0 aromatic heterocycles. The molecule has 0 radical (unpaired) electrons. The van der Waals surface area contributed by atoms with Crippen LogP contribution < -0.4 is 0 Å². The minimum atomic E-state index is -4.29. The highest BCUT2D eigenvalue weighted by Crippen LogP contribution is 2.41. The Morgan fingerprint density at radius 3 is 1.93 bits per heavy atom. The second-order valence-corrected chi connectivity index (χ2v) is 4.67. The van der Waals surface area contributed by atoms with Gasteiger partial charge in [-0.1, -0.05) is 39.7 Å². The van der Waals surface area contributed by atoms with Gasteiger partial charge in [-0.15, -0.1) is 0 Å². The van der Waals surface area contributed by atoms with Crippen molar-refractivity contribution in [3.63, 3.8) is 0 Å². The lowest BCUT2D eigenvalue weighted by atomic mass is 10.0. The van der Waals surface area contributed by atoms with E-state index in [1.807, 2.05) is 0 Å². The molecular formula is C10H9BrClF3. The van der Waals surface area contributed by atoms with Crippen LogP contribution in [0.1, 0.15) is 21.5 Å². The third kappa shape index (κ3) is 2.88. The zero-order chi connectivity index (χ0) is 11.8. The van der Waals surface area contributed by atoms with Gasteiger partial charge in [-0.25, -0.2) is 0 Å². The summed E-state index contributed by atoms with van der Waals surface area (Å²) in [5, 5.41) is 0.514. The molecule has 0 nitrogen and oxygen atoms in total. The van der Waals surface area contributed by atoms with Crippen LogP contribution >= 0.6 is 27.5 Å². The van der Waals surface area contributed by atoms with Crippen LogP contribution in [0.15, 0.2) is 12.1 Å². The minimum absolute atomic E-state index is 0.182. The number of benzene rings is 1. The van der Waals surface area contributed by atoms with Crippen molar-refractivity contribution >= 4 is 27.5 Å². The second-order valence-electron chi connectivity index (χ2n) is 3.37. The molecule has 0 spiro atoms. The molecule has 84 valence electrons. The molecule has 1 aromatic carbocycles. The van der Waals surface area contributed by atoms with Gasteiger partial charge in [-0.2, -0.15) is 13.2 Å². The normalized spacial score (nSPS) is 14.1. The van der Waals surface area contributed by atoms with Crippen molar-refractivity contribution in [2.75, 3.05) is 0 Å². The third-order valence-corrected chi connectivity index (χ3v) is 3.68. The molecule has 5 heteroatoms. The zero-order valence-corrected chi connectivity index (χ0v) is 10.5. The maximum absolute atomic E-state index is 12.4. The van der Waals surface area contributed by atoms with E-state index in [4.69, 9.17) is 11.6 Å². The first-order chi connectivity index (χ1) is 6.73. The zero-order valence-electron chi connectivity index (χ0n) is 8.12. The maximum Gasteiger partial charge on any atom is 0.405 e. The molecule has 0 amide bonds. The number of halogens is 5. The molecule has 0 bridgehead atoms. The Balaban J connectivity index is 3.17. The van der Waals surface area contributed by atoms with Crippen molar-refractivity contribution in [2.24, 2.45) is 0 Å². The quantitative estimate of drug-likeness (QED) is 0.643. The van der Waals surface area contributed by atoms with E-state index in [1.54, 1.807) is 13.8 Å². The number of hydrogen-bond donors (Lipinski definition) is 0. The fourth-order valence-corrected chi connectivity index (χ4v) is 1.69. The van der Waals surface area contributed by atoms with Gasteiger partial charge in [-0.05, 0) is 30.5 Å². The Labute approximate surface area is 99.6 Å². The highest BCUT2D eigenvalue weighted by molar-refractivity contribution is 9.09. The number of aryl methyl sites for hydroxylation is 2. The van der Waals surface area contributed by atoms with E-state index in [-0.39, 0.29) is 5.56 Å². The highest BCUT2D eigenvalue weighted by atomic mass is 79.9. The predicted octanol–water partition coefficient (Wildman–Crippen LogP) is 4.96. The molecule has 1 rings (SSSR count). The molecule has 0 N–H and O–H groups in total. The first kappa shape index (κ1) is 12.8. The van der Waals surface area contributed by atoms with E-state index in [9.17, 15) is 13.2 Å². The fraction of sp³-hybridized carbons (Fsp3) is 0.400. The summed E-state index contributed by atoms with van der Waals surface area (Å²) in [6, 6.07) is 2.89. The van der Waals surface area contributed by atoms with Gasteiger partial charge >= 0.3 is 6.18 Å². The summed E-state index contributed by atoms with van der Waals surface area (Å²) in [6.07, 6.45) is -4.29. The Bertz CT molecular complexity index is 350. The van der Waals surface area contributed by atoms with Crippen molar-refractivity contribution in [2.45, 2.75) is 24.9 Å². The van der Waals surface area contributed by atoms with Crippen LogP contribution in [0, 0.1) is 13.8 Å². The molecule has 0 saturated heterocycles. The van der Waals surface area contributed by atoms with Gasteiger partial charge in [0.05, 0.1) is 0 Å². The first-order valence-corrected chi connectivity index (χ1v) is 5.50. The Kier molecular flexibility index (Phi) is 3.71. The van der Waals surface area contributed by atoms with Gasteiger partial charge in [0.25, 0.3) is 0 Å². The monoisotopic (exact) mass is 300 g/mol. The van der Waals surface area contributed by atoms with Crippen LogP contribution in [0.4, 0.5) is 13.2 Å².